The molecule has 0 radical (unpaired) electrons. The number of rotatable bonds is 5. The third kappa shape index (κ3) is 3.56. The second-order valence-electron chi connectivity index (χ2n) is 8.30. The van der Waals surface area contributed by atoms with Gasteiger partial charge in [0.15, 0.2) is 0 Å². The van der Waals surface area contributed by atoms with Gasteiger partial charge in [0.05, 0.1) is 16.6 Å². The van der Waals surface area contributed by atoms with Crippen molar-refractivity contribution < 1.29 is 14.4 Å². The topological polar surface area (TPSA) is 133 Å². The Morgan fingerprint density at radius 1 is 0.917 bits per heavy atom. The van der Waals surface area contributed by atoms with Gasteiger partial charge in [0, 0.05) is 5.56 Å². The quantitative estimate of drug-likeness (QED) is 0.374. The third-order valence-electron chi connectivity index (χ3n) is 6.28. The molecule has 10 heteroatoms. The number of aromatic amines is 1. The molecule has 2 heterocycles. The Morgan fingerprint density at radius 3 is 2.25 bits per heavy atom. The first kappa shape index (κ1) is 22.8. The standard InChI is InChI=1S/C26H21N5O5/c1-2-26(17-9-5-3-6-10-17)23(34)31(25(36)28-26)29-21(32)16-13-14-19-20(15-16)27-24(35)30(22(19)33)18-11-7-4-8-12-18/h3-15H,2H2,1H3,(H,27,35)(H,28,36)(H,29,32). The van der Waals surface area contributed by atoms with Gasteiger partial charge in [0.1, 0.15) is 5.54 Å². The molecule has 1 aliphatic heterocycles. The van der Waals surface area contributed by atoms with Crippen molar-refractivity contribution in [3.05, 3.63) is 111 Å². The lowest BCUT2D eigenvalue weighted by Gasteiger charge is -2.25. The summed E-state index contributed by atoms with van der Waals surface area (Å²) >= 11 is 0. The van der Waals surface area contributed by atoms with Crippen LogP contribution in [0.3, 0.4) is 0 Å². The molecule has 1 atom stereocenters. The molecule has 180 valence electrons. The highest BCUT2D eigenvalue weighted by molar-refractivity contribution is 6.09. The lowest BCUT2D eigenvalue weighted by atomic mass is 9.87. The molecule has 0 spiro atoms. The fraction of sp³-hybridized carbons (Fsp3) is 0.115. The van der Waals surface area contributed by atoms with Crippen LogP contribution in [0.4, 0.5) is 4.79 Å². The highest BCUT2D eigenvalue weighted by Gasteiger charge is 2.52. The van der Waals surface area contributed by atoms with Gasteiger partial charge >= 0.3 is 11.7 Å². The zero-order valence-electron chi connectivity index (χ0n) is 19.1. The fourth-order valence-corrected chi connectivity index (χ4v) is 4.38. The molecule has 1 unspecified atom stereocenters. The van der Waals surface area contributed by atoms with Crippen LogP contribution in [0.25, 0.3) is 16.6 Å². The predicted molar refractivity (Wildman–Crippen MR) is 131 cm³/mol. The van der Waals surface area contributed by atoms with E-state index in [0.717, 1.165) is 4.57 Å². The number of fused-ring (bicyclic) bond motifs is 1. The summed E-state index contributed by atoms with van der Waals surface area (Å²) in [6.07, 6.45) is 0.277. The monoisotopic (exact) mass is 483 g/mol. The van der Waals surface area contributed by atoms with E-state index >= 15 is 0 Å². The van der Waals surface area contributed by atoms with E-state index in [0.29, 0.717) is 16.3 Å². The summed E-state index contributed by atoms with van der Waals surface area (Å²) in [7, 11) is 0. The van der Waals surface area contributed by atoms with Gasteiger partial charge in [-0.3, -0.25) is 19.8 Å². The number of para-hydroxylation sites is 1. The van der Waals surface area contributed by atoms with Gasteiger partial charge in [0.25, 0.3) is 17.4 Å². The number of H-pyrrole nitrogens is 1. The molecule has 0 aliphatic carbocycles. The molecule has 3 N–H and O–H groups in total. The van der Waals surface area contributed by atoms with Crippen LogP contribution in [0.2, 0.25) is 0 Å². The molecular formula is C26H21N5O5. The van der Waals surface area contributed by atoms with Gasteiger partial charge < -0.3 is 10.3 Å². The van der Waals surface area contributed by atoms with Crippen LogP contribution in [-0.4, -0.2) is 32.4 Å². The normalized spacial score (nSPS) is 17.3. The number of hydrogen-bond acceptors (Lipinski definition) is 5. The van der Waals surface area contributed by atoms with Crippen LogP contribution in [-0.2, 0) is 10.3 Å². The second kappa shape index (κ2) is 8.66. The largest absolute Gasteiger partial charge is 0.344 e. The van der Waals surface area contributed by atoms with Crippen molar-refractivity contribution in [2.75, 3.05) is 0 Å². The summed E-state index contributed by atoms with van der Waals surface area (Å²) in [5.41, 5.74) is 1.03. The average Bonchev–Trinajstić information content (AvgIpc) is 3.14. The zero-order valence-corrected chi connectivity index (χ0v) is 19.1. The molecule has 4 aromatic rings. The molecule has 0 bridgehead atoms. The van der Waals surface area contributed by atoms with E-state index in [9.17, 15) is 24.0 Å². The van der Waals surface area contributed by atoms with Gasteiger partial charge in [-0.15, -0.1) is 0 Å². The summed E-state index contributed by atoms with van der Waals surface area (Å²) in [5, 5.41) is 3.53. The number of nitrogens with zero attached hydrogens (tertiary/aromatic N) is 2. The molecule has 0 saturated carbocycles. The maximum absolute atomic E-state index is 13.2. The molecular weight excluding hydrogens is 462 g/mol. The summed E-state index contributed by atoms with van der Waals surface area (Å²) in [4.78, 5) is 67.1. The average molecular weight is 483 g/mol. The van der Waals surface area contributed by atoms with Gasteiger partial charge in [0.2, 0.25) is 0 Å². The smallest absolute Gasteiger partial charge is 0.318 e. The highest BCUT2D eigenvalue weighted by atomic mass is 16.2. The number of nitrogens with one attached hydrogen (secondary N) is 3. The minimum Gasteiger partial charge on any atom is -0.318 e. The van der Waals surface area contributed by atoms with Crippen molar-refractivity contribution in [2.45, 2.75) is 18.9 Å². The molecule has 1 aliphatic rings. The van der Waals surface area contributed by atoms with Crippen molar-refractivity contribution in [3.8, 4) is 5.69 Å². The van der Waals surface area contributed by atoms with Crippen LogP contribution in [0.5, 0.6) is 0 Å². The Labute approximate surface area is 204 Å². The Hall–Kier alpha value is -4.99. The molecule has 3 aromatic carbocycles. The summed E-state index contributed by atoms with van der Waals surface area (Å²) in [5.74, 6) is -1.37. The lowest BCUT2D eigenvalue weighted by molar-refractivity contribution is -0.133. The van der Waals surface area contributed by atoms with Gasteiger partial charge in [-0.1, -0.05) is 55.5 Å². The van der Waals surface area contributed by atoms with Crippen LogP contribution in [0, 0.1) is 0 Å². The molecule has 1 aromatic heterocycles. The maximum Gasteiger partial charge on any atom is 0.344 e. The number of carbonyl (C=O) groups excluding carboxylic acids is 3. The molecule has 1 fully saturated rings. The summed E-state index contributed by atoms with van der Waals surface area (Å²) in [6.45, 7) is 1.76. The molecule has 4 amide bonds. The minimum absolute atomic E-state index is 0.0457. The number of urea groups is 1. The number of carbonyl (C=O) groups is 3. The molecule has 1 saturated heterocycles. The third-order valence-corrected chi connectivity index (χ3v) is 6.28. The number of hydrazine groups is 1. The fourth-order valence-electron chi connectivity index (χ4n) is 4.38. The number of amides is 4. The SMILES string of the molecule is CCC1(c2ccccc2)NC(=O)N(NC(=O)c2ccc3c(=O)n(-c4ccccc4)c(=O)[nH]c3c2)C1=O. The van der Waals surface area contributed by atoms with E-state index in [-0.39, 0.29) is 22.9 Å². The molecule has 10 nitrogen and oxygen atoms in total. The van der Waals surface area contributed by atoms with Crippen molar-refractivity contribution >= 4 is 28.7 Å². The van der Waals surface area contributed by atoms with Crippen molar-refractivity contribution in [1.82, 2.24) is 25.3 Å². The van der Waals surface area contributed by atoms with Crippen LogP contribution in [0.1, 0.15) is 29.3 Å². The van der Waals surface area contributed by atoms with Gasteiger partial charge in [-0.2, -0.15) is 5.01 Å². The van der Waals surface area contributed by atoms with Crippen LogP contribution < -0.4 is 22.0 Å². The van der Waals surface area contributed by atoms with Crippen molar-refractivity contribution in [3.63, 3.8) is 0 Å². The zero-order chi connectivity index (χ0) is 25.4. The first-order chi connectivity index (χ1) is 17.4. The number of hydrogen-bond donors (Lipinski definition) is 3. The second-order valence-corrected chi connectivity index (χ2v) is 8.30. The van der Waals surface area contributed by atoms with Crippen LogP contribution in [0.15, 0.2) is 88.5 Å². The van der Waals surface area contributed by atoms with Crippen LogP contribution >= 0.6 is 0 Å². The maximum atomic E-state index is 13.2. The van der Waals surface area contributed by atoms with E-state index in [4.69, 9.17) is 0 Å². The van der Waals surface area contributed by atoms with E-state index in [1.54, 1.807) is 67.6 Å². The number of benzene rings is 3. The van der Waals surface area contributed by atoms with E-state index in [1.807, 2.05) is 0 Å². The first-order valence-electron chi connectivity index (χ1n) is 11.2. The lowest BCUT2D eigenvalue weighted by Crippen LogP contribution is -2.48. The first-order valence-corrected chi connectivity index (χ1v) is 11.2. The highest BCUT2D eigenvalue weighted by Crippen LogP contribution is 2.31. The Morgan fingerprint density at radius 2 is 1.58 bits per heavy atom. The van der Waals surface area contributed by atoms with E-state index in [1.165, 1.54) is 18.2 Å². The van der Waals surface area contributed by atoms with E-state index in [2.05, 4.69) is 15.7 Å². The number of aromatic nitrogens is 2. The molecule has 36 heavy (non-hydrogen) atoms. The number of imide groups is 1. The molecule has 5 rings (SSSR count). The summed E-state index contributed by atoms with van der Waals surface area (Å²) in [6, 6.07) is 20.6. The Balaban J connectivity index is 1.46. The Bertz CT molecular complexity index is 1630. The van der Waals surface area contributed by atoms with Crippen molar-refractivity contribution in [1.29, 1.82) is 0 Å². The predicted octanol–water partition coefficient (Wildman–Crippen LogP) is 2.18. The van der Waals surface area contributed by atoms with E-state index < -0.39 is 34.6 Å². The summed E-state index contributed by atoms with van der Waals surface area (Å²) < 4.78 is 1.00. The van der Waals surface area contributed by atoms with Gasteiger partial charge in [-0.25, -0.2) is 14.2 Å². The van der Waals surface area contributed by atoms with Gasteiger partial charge in [-0.05, 0) is 42.3 Å². The Kier molecular flexibility index (Phi) is 5.48. The van der Waals surface area contributed by atoms with Crippen molar-refractivity contribution in [2.24, 2.45) is 0 Å². The minimum atomic E-state index is -1.30.